The fourth-order valence-electron chi connectivity index (χ4n) is 6.42. The number of rotatable bonds is 14. The zero-order valence-corrected chi connectivity index (χ0v) is 58.5. The number of benzene rings is 3. The van der Waals surface area contributed by atoms with E-state index in [-0.39, 0.29) is 144 Å². The summed E-state index contributed by atoms with van der Waals surface area (Å²) in [7, 11) is -7.66. The van der Waals surface area contributed by atoms with Crippen molar-refractivity contribution in [1.82, 2.24) is 0 Å². The second-order valence-electron chi connectivity index (χ2n) is 21.4. The maximum absolute atomic E-state index is 12.5. The number of phenolic OH excluding ortho intramolecular Hbond substituents is 1. The third-order valence-corrected chi connectivity index (χ3v) is 25.2. The van der Waals surface area contributed by atoms with Gasteiger partial charge in [-0.25, -0.2) is 0 Å². The van der Waals surface area contributed by atoms with Crippen molar-refractivity contribution in [3.05, 3.63) is 85.3 Å². The molecule has 0 bridgehead atoms. The average molecular weight is 1230 g/mol. The fraction of sp³-hybridized carbons (Fsp3) is 0.620. The molecule has 0 unspecified atom stereocenters. The van der Waals surface area contributed by atoms with E-state index in [1.54, 1.807) is 50.2 Å². The van der Waals surface area contributed by atoms with Gasteiger partial charge in [-0.1, -0.05) is 91.1 Å². The molecule has 2 saturated heterocycles. The zero-order valence-electron chi connectivity index (χ0n) is 47.3. The Kier molecular flexibility index (Phi) is 30.8. The maximum Gasteiger partial charge on any atom is 1.00 e. The Morgan fingerprint density at radius 3 is 1.32 bits per heavy atom. The SMILES string of the molecule is Cc1cc(O)cc(C)c1Br.Cc1cc(OC[C@@H]2OC(C)(C)O[C@H]2CO[Si](C)(C)C(C)(C)C)cc(C)c1Br.Cc1ccc(S(=O)(=O)OC[C@@H]2OC(C)(C)O[C@H]2CO[Si](C)(C)C(C)(C)C)cc1.O=CO[O-].[H-].[K+].[K+]. The van der Waals surface area contributed by atoms with Crippen LogP contribution in [0.15, 0.2) is 62.4 Å². The summed E-state index contributed by atoms with van der Waals surface area (Å²) in [4.78, 5) is 11.4. The van der Waals surface area contributed by atoms with Crippen molar-refractivity contribution in [3.63, 3.8) is 0 Å². The summed E-state index contributed by atoms with van der Waals surface area (Å²) >= 11 is 7.00. The second kappa shape index (κ2) is 30.4. The van der Waals surface area contributed by atoms with E-state index < -0.39 is 50.5 Å². The molecule has 2 aliphatic rings. The van der Waals surface area contributed by atoms with Crippen LogP contribution in [0.25, 0.3) is 0 Å². The van der Waals surface area contributed by atoms with E-state index in [0.717, 1.165) is 42.5 Å². The summed E-state index contributed by atoms with van der Waals surface area (Å²) in [5.41, 5.74) is 5.43. The van der Waals surface area contributed by atoms with Crippen LogP contribution in [0.1, 0.15) is 98.5 Å². The van der Waals surface area contributed by atoms with Crippen molar-refractivity contribution < 1.29 is 169 Å². The molecule has 2 aliphatic heterocycles. The smallest absolute Gasteiger partial charge is 1.00 e. The van der Waals surface area contributed by atoms with Crippen LogP contribution in [0, 0.1) is 34.6 Å². The standard InChI is InChI=1S/C21H35BrO4Si.C20H34O6SSi.C8H9BrO.CH2O3.2K.H/c1-14-10-16(11-15(2)19(14)22)23-12-17-18(26-21(6,7)25-17)13-24-27(8,9)20(3,4)5;1-15-9-11-16(12-10-15)27(21,22)23-13-17-18(26-20(5,6)25-17)14-24-28(7,8)19(2,3)4;1-5-3-7(10)4-6(2)8(5)9;2-1-4-3;;;/h10-11,17-18H,12-13H2,1-9H3;9-12,17-18H,13-14H2,1-8H3;3-4,10H,1-2H3;1,3H;;;/q;;;;2*+1;-1/p-1/t2*17-,18-;;;;;/m00...../s1. The molecule has 0 spiro atoms. The molecule has 0 amide bonds. The van der Waals surface area contributed by atoms with Crippen molar-refractivity contribution in [2.75, 3.05) is 26.4 Å². The summed E-state index contributed by atoms with van der Waals surface area (Å²) in [6, 6.07) is 14.1. The number of aromatic hydroxyl groups is 1. The van der Waals surface area contributed by atoms with Crippen LogP contribution >= 0.6 is 31.9 Å². The molecule has 2 heterocycles. The van der Waals surface area contributed by atoms with Crippen LogP contribution in [0.3, 0.4) is 0 Å². The van der Waals surface area contributed by atoms with Crippen LogP contribution in [-0.2, 0) is 51.8 Å². The first kappa shape index (κ1) is 72.0. The predicted octanol–water partition coefficient (Wildman–Crippen LogP) is 5.56. The molecular weight excluding hydrogens is 1150 g/mol. The van der Waals surface area contributed by atoms with Crippen molar-refractivity contribution in [1.29, 1.82) is 0 Å². The first-order chi connectivity index (χ1) is 31.4. The number of hydrogen-bond acceptors (Lipinski definition) is 14. The summed E-state index contributed by atoms with van der Waals surface area (Å²) in [6.45, 7) is 40.6. The molecule has 71 heavy (non-hydrogen) atoms. The minimum Gasteiger partial charge on any atom is -1.00 e. The molecule has 0 aliphatic carbocycles. The minimum absolute atomic E-state index is 0. The predicted molar refractivity (Wildman–Crippen MR) is 281 cm³/mol. The Hall–Kier alpha value is 1.03. The Morgan fingerprint density at radius 1 is 0.662 bits per heavy atom. The maximum atomic E-state index is 12.5. The molecule has 2 fully saturated rings. The molecule has 394 valence electrons. The topological polar surface area (TPSA) is 178 Å². The van der Waals surface area contributed by atoms with Crippen molar-refractivity contribution in [2.24, 2.45) is 0 Å². The molecule has 3 aromatic rings. The number of carbonyl (C=O) groups is 1. The third-order valence-electron chi connectivity index (χ3n) is 12.4. The van der Waals surface area contributed by atoms with Gasteiger partial charge in [0, 0.05) is 8.95 Å². The van der Waals surface area contributed by atoms with Crippen LogP contribution in [0.2, 0.25) is 36.3 Å². The number of halogens is 2. The molecule has 4 atom stereocenters. The first-order valence-electron chi connectivity index (χ1n) is 22.9. The van der Waals surface area contributed by atoms with E-state index >= 15 is 0 Å². The van der Waals surface area contributed by atoms with Crippen LogP contribution < -0.4 is 113 Å². The third kappa shape index (κ3) is 23.9. The Bertz CT molecular complexity index is 2200. The Labute approximate surface area is 531 Å². The number of carbonyl (C=O) groups excluding carboxylic acids is 1. The zero-order chi connectivity index (χ0) is 53.1. The van der Waals surface area contributed by atoms with Crippen LogP contribution in [-0.4, -0.2) is 99.0 Å². The quantitative estimate of drug-likeness (QED) is 0.0699. The monoisotopic (exact) mass is 1230 g/mol. The van der Waals surface area contributed by atoms with E-state index in [1.807, 2.05) is 46.8 Å². The van der Waals surface area contributed by atoms with Gasteiger partial charge in [-0.05, 0) is 157 Å². The molecule has 3 aromatic carbocycles. The summed E-state index contributed by atoms with van der Waals surface area (Å²) in [6.07, 6.45) is -1.21. The van der Waals surface area contributed by atoms with Crippen molar-refractivity contribution in [3.8, 4) is 11.5 Å². The minimum atomic E-state index is -3.86. The van der Waals surface area contributed by atoms with Crippen LogP contribution in [0.5, 0.6) is 11.5 Å². The van der Waals surface area contributed by atoms with E-state index in [1.165, 1.54) is 0 Å². The molecule has 0 radical (unpaired) electrons. The van der Waals surface area contributed by atoms with Gasteiger partial charge >= 0.3 is 103 Å². The Morgan fingerprint density at radius 2 is 0.986 bits per heavy atom. The van der Waals surface area contributed by atoms with Gasteiger partial charge < -0.3 is 49.2 Å². The van der Waals surface area contributed by atoms with Crippen molar-refractivity contribution in [2.45, 2.75) is 181 Å². The van der Waals surface area contributed by atoms with E-state index in [9.17, 15) is 8.42 Å². The molecule has 5 rings (SSSR count). The van der Waals surface area contributed by atoms with Gasteiger partial charge in [-0.3, -0.25) is 8.98 Å². The Balaban J connectivity index is 0. The molecule has 0 saturated carbocycles. The summed E-state index contributed by atoms with van der Waals surface area (Å²) < 4.78 is 75.2. The normalized spacial score (nSPS) is 19.5. The van der Waals surface area contributed by atoms with Gasteiger partial charge in [0.1, 0.15) is 42.5 Å². The molecule has 21 heteroatoms. The van der Waals surface area contributed by atoms with E-state index in [2.05, 4.69) is 118 Å². The van der Waals surface area contributed by atoms with E-state index in [0.29, 0.717) is 25.6 Å². The summed E-state index contributed by atoms with van der Waals surface area (Å²) in [5.74, 6) is -0.256. The average Bonchev–Trinajstić information content (AvgIpc) is 3.70. The number of ether oxygens (including phenoxy) is 5. The number of hydrogen-bond donors (Lipinski definition) is 1. The molecule has 0 aromatic heterocycles. The molecule has 14 nitrogen and oxygen atoms in total. The number of aryl methyl sites for hydroxylation is 5. The molecular formula is C50H80Br2K2O14SSi2. The van der Waals surface area contributed by atoms with Gasteiger partial charge in [0.05, 0.1) is 24.7 Å². The fourth-order valence-corrected chi connectivity index (χ4v) is 9.82. The largest absolute Gasteiger partial charge is 1.00 e. The van der Waals surface area contributed by atoms with E-state index in [4.69, 9.17) is 51.9 Å². The second-order valence-corrected chi connectivity index (χ2v) is 34.2. The van der Waals surface area contributed by atoms with Gasteiger partial charge in [0.25, 0.3) is 16.6 Å². The molecule has 1 N–H and O–H groups in total. The van der Waals surface area contributed by atoms with Gasteiger partial charge in [-0.15, -0.1) is 0 Å². The van der Waals surface area contributed by atoms with Crippen LogP contribution in [0.4, 0.5) is 0 Å². The number of phenols is 1. The van der Waals surface area contributed by atoms with Gasteiger partial charge in [-0.2, -0.15) is 8.42 Å². The van der Waals surface area contributed by atoms with Crippen molar-refractivity contribution >= 4 is 65.1 Å². The van der Waals surface area contributed by atoms with Gasteiger partial charge in [0.2, 0.25) is 0 Å². The first-order valence-corrected chi connectivity index (χ1v) is 31.7. The van der Waals surface area contributed by atoms with Gasteiger partial charge in [0.15, 0.2) is 28.2 Å². The summed E-state index contributed by atoms with van der Waals surface area (Å²) in [5, 5.41) is 17.8.